The van der Waals surface area contributed by atoms with Crippen LogP contribution in [0.3, 0.4) is 0 Å². The first-order chi connectivity index (χ1) is 14.7. The lowest BCUT2D eigenvalue weighted by Crippen LogP contribution is -2.30. The highest BCUT2D eigenvalue weighted by molar-refractivity contribution is 7.89. The van der Waals surface area contributed by atoms with E-state index >= 15 is 0 Å². The molecule has 8 heteroatoms. The summed E-state index contributed by atoms with van der Waals surface area (Å²) in [7, 11) is -3.66. The van der Waals surface area contributed by atoms with Crippen LogP contribution in [0.25, 0.3) is 10.8 Å². The average molecular weight is 443 g/mol. The summed E-state index contributed by atoms with van der Waals surface area (Å²) in [5.74, 6) is -2.02. The van der Waals surface area contributed by atoms with E-state index in [4.69, 9.17) is 5.11 Å². The quantitative estimate of drug-likeness (QED) is 0.534. The van der Waals surface area contributed by atoms with Crippen molar-refractivity contribution in [2.75, 3.05) is 13.1 Å². The van der Waals surface area contributed by atoms with Crippen molar-refractivity contribution in [1.29, 1.82) is 0 Å². The maximum atomic E-state index is 13.8. The van der Waals surface area contributed by atoms with Gasteiger partial charge in [-0.1, -0.05) is 26.0 Å². The van der Waals surface area contributed by atoms with Gasteiger partial charge in [0.2, 0.25) is 10.0 Å². The highest BCUT2D eigenvalue weighted by Crippen LogP contribution is 2.26. The molecule has 0 aliphatic heterocycles. The molecular formula is C23H22FNO5S. The zero-order valence-electron chi connectivity index (χ0n) is 17.1. The van der Waals surface area contributed by atoms with Gasteiger partial charge in [0.15, 0.2) is 5.78 Å². The predicted octanol–water partition coefficient (Wildman–Crippen LogP) is 3.87. The molecule has 6 nitrogen and oxygen atoms in total. The molecule has 162 valence electrons. The Balaban J connectivity index is 2.06. The van der Waals surface area contributed by atoms with E-state index in [1.165, 1.54) is 52.8 Å². The monoisotopic (exact) mass is 443 g/mol. The van der Waals surface area contributed by atoms with Crippen LogP contribution in [0.4, 0.5) is 4.39 Å². The summed E-state index contributed by atoms with van der Waals surface area (Å²) in [5, 5.41) is 10.0. The Bertz CT molecular complexity index is 1250. The highest BCUT2D eigenvalue weighted by Gasteiger charge is 2.22. The molecule has 0 radical (unpaired) electrons. The van der Waals surface area contributed by atoms with E-state index in [0.717, 1.165) is 0 Å². The predicted molar refractivity (Wildman–Crippen MR) is 115 cm³/mol. The van der Waals surface area contributed by atoms with E-state index < -0.39 is 27.6 Å². The number of aliphatic carboxylic acids is 1. The van der Waals surface area contributed by atoms with Gasteiger partial charge in [-0.05, 0) is 58.8 Å². The van der Waals surface area contributed by atoms with E-state index in [9.17, 15) is 22.4 Å². The van der Waals surface area contributed by atoms with Crippen LogP contribution in [0, 0.1) is 5.82 Å². The third-order valence-electron chi connectivity index (χ3n) is 5.04. The van der Waals surface area contributed by atoms with Gasteiger partial charge in [0.1, 0.15) is 5.82 Å². The number of carbonyl (C=O) groups excluding carboxylic acids is 1. The minimum Gasteiger partial charge on any atom is -0.481 e. The molecule has 0 atom stereocenters. The SMILES string of the molecule is CCN(CC)S(=O)(=O)c1ccc(C(=O)c2cc(CC(=O)O)cc3ccc(F)cc23)cc1. The number of rotatable bonds is 8. The smallest absolute Gasteiger partial charge is 0.307 e. The van der Waals surface area contributed by atoms with E-state index in [1.807, 2.05) is 0 Å². The number of hydrogen-bond donors (Lipinski definition) is 1. The first-order valence-electron chi connectivity index (χ1n) is 9.76. The number of nitrogens with zero attached hydrogens (tertiary/aromatic N) is 1. The number of carbonyl (C=O) groups is 2. The van der Waals surface area contributed by atoms with Crippen LogP contribution >= 0.6 is 0 Å². The summed E-state index contributed by atoms with van der Waals surface area (Å²) in [5.41, 5.74) is 0.792. The molecule has 0 bridgehead atoms. The fourth-order valence-electron chi connectivity index (χ4n) is 3.50. The summed E-state index contributed by atoms with van der Waals surface area (Å²) in [4.78, 5) is 24.4. The van der Waals surface area contributed by atoms with E-state index in [0.29, 0.717) is 29.4 Å². The number of benzene rings is 3. The van der Waals surface area contributed by atoms with Crippen LogP contribution in [0.15, 0.2) is 59.5 Å². The Morgan fingerprint density at radius 3 is 2.19 bits per heavy atom. The summed E-state index contributed by atoms with van der Waals surface area (Å²) in [6.07, 6.45) is -0.283. The van der Waals surface area contributed by atoms with Crippen molar-refractivity contribution in [3.8, 4) is 0 Å². The van der Waals surface area contributed by atoms with Crippen LogP contribution in [-0.2, 0) is 21.2 Å². The summed E-state index contributed by atoms with van der Waals surface area (Å²) in [6.45, 7) is 4.14. The van der Waals surface area contributed by atoms with Gasteiger partial charge in [-0.2, -0.15) is 4.31 Å². The van der Waals surface area contributed by atoms with Crippen LogP contribution in [0.1, 0.15) is 35.3 Å². The Hall–Kier alpha value is -3.10. The Morgan fingerprint density at radius 1 is 0.968 bits per heavy atom. The molecule has 31 heavy (non-hydrogen) atoms. The van der Waals surface area contributed by atoms with Crippen LogP contribution in [0.2, 0.25) is 0 Å². The van der Waals surface area contributed by atoms with E-state index in [1.54, 1.807) is 19.9 Å². The minimum absolute atomic E-state index is 0.0725. The fourth-order valence-corrected chi connectivity index (χ4v) is 4.96. The maximum absolute atomic E-state index is 13.8. The standard InChI is InChI=1S/C23H22FNO5S/c1-3-25(4-2)31(29,30)19-9-6-16(7-10-19)23(28)21-12-15(13-22(26)27)11-17-5-8-18(24)14-20(17)21/h5-12,14H,3-4,13H2,1-2H3,(H,26,27). The van der Waals surface area contributed by atoms with Crippen molar-refractivity contribution in [2.24, 2.45) is 0 Å². The molecule has 0 fully saturated rings. The van der Waals surface area contributed by atoms with E-state index in [-0.39, 0.29) is 22.4 Å². The van der Waals surface area contributed by atoms with Crippen molar-refractivity contribution in [3.05, 3.63) is 77.1 Å². The largest absolute Gasteiger partial charge is 0.481 e. The molecular weight excluding hydrogens is 421 g/mol. The van der Waals surface area contributed by atoms with Crippen LogP contribution in [0.5, 0.6) is 0 Å². The van der Waals surface area contributed by atoms with Gasteiger partial charge >= 0.3 is 5.97 Å². The van der Waals surface area contributed by atoms with Crippen molar-refractivity contribution >= 4 is 32.5 Å². The van der Waals surface area contributed by atoms with Crippen LogP contribution in [-0.4, -0.2) is 42.7 Å². The second-order valence-corrected chi connectivity index (χ2v) is 8.96. The summed E-state index contributed by atoms with van der Waals surface area (Å²) >= 11 is 0. The van der Waals surface area contributed by atoms with Crippen molar-refractivity contribution in [2.45, 2.75) is 25.2 Å². The number of fused-ring (bicyclic) bond motifs is 1. The normalized spacial score (nSPS) is 11.7. The number of halogens is 1. The van der Waals surface area contributed by atoms with Gasteiger partial charge in [0.05, 0.1) is 11.3 Å². The molecule has 3 aromatic rings. The lowest BCUT2D eigenvalue weighted by atomic mass is 9.94. The minimum atomic E-state index is -3.66. The van der Waals surface area contributed by atoms with E-state index in [2.05, 4.69) is 0 Å². The first kappa shape index (κ1) is 22.6. The number of hydrogen-bond acceptors (Lipinski definition) is 4. The number of carboxylic acids is 1. The molecule has 3 rings (SSSR count). The second kappa shape index (κ2) is 8.95. The molecule has 0 aliphatic carbocycles. The molecule has 1 N–H and O–H groups in total. The average Bonchev–Trinajstić information content (AvgIpc) is 2.73. The van der Waals surface area contributed by atoms with Gasteiger partial charge in [-0.25, -0.2) is 12.8 Å². The molecule has 0 heterocycles. The topological polar surface area (TPSA) is 91.8 Å². The lowest BCUT2D eigenvalue weighted by molar-refractivity contribution is -0.136. The molecule has 0 spiro atoms. The van der Waals surface area contributed by atoms with Gasteiger partial charge in [-0.15, -0.1) is 0 Å². The van der Waals surface area contributed by atoms with Gasteiger partial charge in [0, 0.05) is 24.2 Å². The fraction of sp³-hybridized carbons (Fsp3) is 0.217. The number of ketones is 1. The van der Waals surface area contributed by atoms with Gasteiger partial charge in [0.25, 0.3) is 0 Å². The Labute approximate surface area is 180 Å². The first-order valence-corrected chi connectivity index (χ1v) is 11.2. The summed E-state index contributed by atoms with van der Waals surface area (Å²) < 4.78 is 40.5. The number of sulfonamides is 1. The maximum Gasteiger partial charge on any atom is 0.307 e. The molecule has 0 saturated carbocycles. The molecule has 0 aromatic heterocycles. The van der Waals surface area contributed by atoms with Crippen molar-refractivity contribution in [3.63, 3.8) is 0 Å². The van der Waals surface area contributed by atoms with Gasteiger partial charge in [-0.3, -0.25) is 9.59 Å². The number of carboxylic acid groups (broad SMARTS) is 1. The third-order valence-corrected chi connectivity index (χ3v) is 7.10. The zero-order valence-corrected chi connectivity index (χ0v) is 17.9. The van der Waals surface area contributed by atoms with Crippen LogP contribution < -0.4 is 0 Å². The summed E-state index contributed by atoms with van der Waals surface area (Å²) in [6, 6.07) is 12.6. The lowest BCUT2D eigenvalue weighted by Gasteiger charge is -2.18. The highest BCUT2D eigenvalue weighted by atomic mass is 32.2. The molecule has 0 amide bonds. The van der Waals surface area contributed by atoms with Crippen molar-refractivity contribution < 1.29 is 27.5 Å². The Morgan fingerprint density at radius 2 is 1.61 bits per heavy atom. The second-order valence-electron chi connectivity index (χ2n) is 7.02. The third kappa shape index (κ3) is 4.65. The van der Waals surface area contributed by atoms with Crippen molar-refractivity contribution in [1.82, 2.24) is 4.31 Å². The molecule has 0 unspecified atom stereocenters. The Kier molecular flexibility index (Phi) is 6.52. The molecule has 0 aliphatic rings. The zero-order chi connectivity index (χ0) is 22.8. The van der Waals surface area contributed by atoms with Gasteiger partial charge < -0.3 is 5.11 Å². The molecule has 0 saturated heterocycles. The molecule has 3 aromatic carbocycles.